The Bertz CT molecular complexity index is 180. The van der Waals surface area contributed by atoms with Crippen molar-refractivity contribution in [2.24, 2.45) is 5.92 Å². The van der Waals surface area contributed by atoms with Crippen molar-refractivity contribution in [3.05, 3.63) is 0 Å². The van der Waals surface area contributed by atoms with Crippen molar-refractivity contribution in [2.45, 2.75) is 38.6 Å². The minimum atomic E-state index is -0.794. The Morgan fingerprint density at radius 3 is 2.50 bits per heavy atom. The summed E-state index contributed by atoms with van der Waals surface area (Å²) >= 11 is 0. The molecule has 0 bridgehead atoms. The van der Waals surface area contributed by atoms with Crippen LogP contribution in [0.1, 0.15) is 20.3 Å². The number of rotatable bonds is 0. The Labute approximate surface area is 71.2 Å². The summed E-state index contributed by atoms with van der Waals surface area (Å²) < 4.78 is 4.86. The maximum atomic E-state index is 11.1. The van der Waals surface area contributed by atoms with E-state index in [9.17, 15) is 15.0 Å². The van der Waals surface area contributed by atoms with E-state index in [1.165, 1.54) is 0 Å². The van der Waals surface area contributed by atoms with Gasteiger partial charge in [0.1, 0.15) is 6.10 Å². The van der Waals surface area contributed by atoms with E-state index in [1.807, 2.05) is 0 Å². The Hall–Kier alpha value is -0.610. The van der Waals surface area contributed by atoms with Crippen molar-refractivity contribution in [2.75, 3.05) is 0 Å². The van der Waals surface area contributed by atoms with E-state index in [0.717, 1.165) is 0 Å². The maximum Gasteiger partial charge on any atom is 0.311 e. The SMILES string of the molecule is CC1OC(=O)[C@@H](C)[C@H](O)C[C@H]1O. The summed E-state index contributed by atoms with van der Waals surface area (Å²) in [4.78, 5) is 11.1. The molecule has 0 saturated carbocycles. The van der Waals surface area contributed by atoms with E-state index in [-0.39, 0.29) is 6.42 Å². The monoisotopic (exact) mass is 174 g/mol. The predicted octanol–water partition coefficient (Wildman–Crippen LogP) is -0.320. The summed E-state index contributed by atoms with van der Waals surface area (Å²) in [7, 11) is 0. The van der Waals surface area contributed by atoms with Gasteiger partial charge in [0.05, 0.1) is 18.1 Å². The largest absolute Gasteiger partial charge is 0.460 e. The van der Waals surface area contributed by atoms with Gasteiger partial charge in [-0.05, 0) is 13.8 Å². The highest BCUT2D eigenvalue weighted by Crippen LogP contribution is 2.19. The van der Waals surface area contributed by atoms with Gasteiger partial charge in [-0.15, -0.1) is 0 Å². The van der Waals surface area contributed by atoms with Gasteiger partial charge in [-0.1, -0.05) is 0 Å². The molecule has 1 saturated heterocycles. The van der Waals surface area contributed by atoms with Crippen molar-refractivity contribution in [3.63, 3.8) is 0 Å². The lowest BCUT2D eigenvalue weighted by atomic mass is 10.00. The van der Waals surface area contributed by atoms with Gasteiger partial charge in [0.2, 0.25) is 0 Å². The van der Waals surface area contributed by atoms with Crippen molar-refractivity contribution in [1.82, 2.24) is 0 Å². The molecule has 1 unspecified atom stereocenters. The van der Waals surface area contributed by atoms with E-state index >= 15 is 0 Å². The number of carbonyl (C=O) groups excluding carboxylic acids is 1. The molecule has 1 aliphatic rings. The molecule has 0 spiro atoms. The van der Waals surface area contributed by atoms with Crippen LogP contribution in [0.15, 0.2) is 0 Å². The van der Waals surface area contributed by atoms with Crippen LogP contribution >= 0.6 is 0 Å². The number of hydrogen-bond donors (Lipinski definition) is 2. The van der Waals surface area contributed by atoms with Gasteiger partial charge in [0, 0.05) is 6.42 Å². The van der Waals surface area contributed by atoms with Crippen LogP contribution in [0.4, 0.5) is 0 Å². The van der Waals surface area contributed by atoms with Crippen LogP contribution in [0.3, 0.4) is 0 Å². The summed E-state index contributed by atoms with van der Waals surface area (Å²) in [6.07, 6.45) is -1.86. The first-order valence-electron chi connectivity index (χ1n) is 4.09. The van der Waals surface area contributed by atoms with Crippen molar-refractivity contribution in [3.8, 4) is 0 Å². The summed E-state index contributed by atoms with van der Waals surface area (Å²) in [6, 6.07) is 0. The van der Waals surface area contributed by atoms with Gasteiger partial charge in [0.15, 0.2) is 0 Å². The number of aliphatic hydroxyl groups excluding tert-OH is 2. The molecule has 1 heterocycles. The quantitative estimate of drug-likeness (QED) is 0.494. The molecule has 0 aromatic heterocycles. The summed E-state index contributed by atoms with van der Waals surface area (Å²) in [5, 5.41) is 18.7. The Balaban J connectivity index is 2.71. The van der Waals surface area contributed by atoms with Crippen LogP contribution < -0.4 is 0 Å². The molecule has 1 fully saturated rings. The van der Waals surface area contributed by atoms with E-state index in [0.29, 0.717) is 0 Å². The summed E-state index contributed by atoms with van der Waals surface area (Å²) in [5.74, 6) is -0.976. The van der Waals surface area contributed by atoms with Crippen LogP contribution in [0, 0.1) is 5.92 Å². The maximum absolute atomic E-state index is 11.1. The molecule has 4 atom stereocenters. The van der Waals surface area contributed by atoms with Crippen LogP contribution in [-0.4, -0.2) is 34.5 Å². The molecular weight excluding hydrogens is 160 g/mol. The zero-order valence-electron chi connectivity index (χ0n) is 7.23. The first-order valence-corrected chi connectivity index (χ1v) is 4.09. The van der Waals surface area contributed by atoms with E-state index in [4.69, 9.17) is 4.74 Å². The molecule has 70 valence electrons. The molecule has 12 heavy (non-hydrogen) atoms. The Morgan fingerprint density at radius 2 is 1.92 bits per heavy atom. The fourth-order valence-corrected chi connectivity index (χ4v) is 1.17. The smallest absolute Gasteiger partial charge is 0.311 e. The van der Waals surface area contributed by atoms with Crippen LogP contribution in [0.25, 0.3) is 0 Å². The predicted molar refractivity (Wildman–Crippen MR) is 41.3 cm³/mol. The first-order chi connectivity index (χ1) is 5.52. The lowest BCUT2D eigenvalue weighted by Crippen LogP contribution is -2.26. The number of hydrogen-bond acceptors (Lipinski definition) is 4. The van der Waals surface area contributed by atoms with E-state index in [1.54, 1.807) is 13.8 Å². The average Bonchev–Trinajstić information content (AvgIpc) is 2.07. The molecule has 0 radical (unpaired) electrons. The van der Waals surface area contributed by atoms with Crippen LogP contribution in [-0.2, 0) is 9.53 Å². The number of aliphatic hydroxyl groups is 2. The first kappa shape index (κ1) is 9.48. The zero-order valence-corrected chi connectivity index (χ0v) is 7.23. The number of cyclic esters (lactones) is 1. The number of carbonyl (C=O) groups is 1. The third-order valence-corrected chi connectivity index (χ3v) is 2.28. The van der Waals surface area contributed by atoms with Gasteiger partial charge >= 0.3 is 5.97 Å². The van der Waals surface area contributed by atoms with Gasteiger partial charge < -0.3 is 14.9 Å². The molecule has 0 aliphatic carbocycles. The minimum absolute atomic E-state index is 0.202. The molecule has 0 aromatic rings. The fourth-order valence-electron chi connectivity index (χ4n) is 1.17. The molecule has 1 aliphatic heterocycles. The number of ether oxygens (including phenoxy) is 1. The average molecular weight is 174 g/mol. The highest BCUT2D eigenvalue weighted by Gasteiger charge is 2.33. The minimum Gasteiger partial charge on any atom is -0.460 e. The molecule has 0 amide bonds. The van der Waals surface area contributed by atoms with Crippen molar-refractivity contribution in [1.29, 1.82) is 0 Å². The highest BCUT2D eigenvalue weighted by atomic mass is 16.6. The van der Waals surface area contributed by atoms with Crippen LogP contribution in [0.2, 0.25) is 0 Å². The Morgan fingerprint density at radius 1 is 1.33 bits per heavy atom. The highest BCUT2D eigenvalue weighted by molar-refractivity contribution is 5.73. The van der Waals surface area contributed by atoms with E-state index < -0.39 is 30.2 Å². The molecule has 1 rings (SSSR count). The van der Waals surface area contributed by atoms with Gasteiger partial charge in [-0.3, -0.25) is 4.79 Å². The third kappa shape index (κ3) is 1.76. The van der Waals surface area contributed by atoms with Gasteiger partial charge in [-0.25, -0.2) is 0 Å². The van der Waals surface area contributed by atoms with Gasteiger partial charge in [0.25, 0.3) is 0 Å². The van der Waals surface area contributed by atoms with Gasteiger partial charge in [-0.2, -0.15) is 0 Å². The number of esters is 1. The van der Waals surface area contributed by atoms with Crippen molar-refractivity contribution >= 4 is 5.97 Å². The second-order valence-corrected chi connectivity index (χ2v) is 3.30. The lowest BCUT2D eigenvalue weighted by molar-refractivity contribution is -0.155. The molecule has 2 N–H and O–H groups in total. The zero-order chi connectivity index (χ0) is 9.30. The standard InChI is InChI=1S/C8H14O4/c1-4-6(9)3-7(10)5(2)12-8(4)11/h4-7,9-10H,3H2,1-2H3/t4-,5?,6+,7+/m0/s1. The lowest BCUT2D eigenvalue weighted by Gasteiger charge is -2.14. The fraction of sp³-hybridized carbons (Fsp3) is 0.875. The summed E-state index contributed by atoms with van der Waals surface area (Å²) in [5.41, 5.74) is 0. The molecule has 4 heteroatoms. The second kappa shape index (κ2) is 3.41. The normalized spacial score (nSPS) is 43.5. The Kier molecular flexibility index (Phi) is 2.69. The summed E-state index contributed by atoms with van der Waals surface area (Å²) in [6.45, 7) is 3.21. The molecule has 0 aromatic carbocycles. The van der Waals surface area contributed by atoms with Crippen LogP contribution in [0.5, 0.6) is 0 Å². The second-order valence-electron chi connectivity index (χ2n) is 3.30. The van der Waals surface area contributed by atoms with E-state index in [2.05, 4.69) is 0 Å². The topological polar surface area (TPSA) is 66.8 Å². The molecule has 4 nitrogen and oxygen atoms in total. The van der Waals surface area contributed by atoms with Crippen molar-refractivity contribution < 1.29 is 19.7 Å². The third-order valence-electron chi connectivity index (χ3n) is 2.28. The molecular formula is C8H14O4.